The fourth-order valence-electron chi connectivity index (χ4n) is 3.49. The van der Waals surface area contributed by atoms with Crippen molar-refractivity contribution < 1.29 is 9.32 Å². The normalized spacial score (nSPS) is 16.3. The molecule has 154 valence electrons. The highest BCUT2D eigenvalue weighted by atomic mass is 79.9. The number of rotatable bonds is 5. The lowest BCUT2D eigenvalue weighted by atomic mass is 10.1. The van der Waals surface area contributed by atoms with Crippen LogP contribution in [0.3, 0.4) is 0 Å². The molecule has 1 aliphatic rings. The van der Waals surface area contributed by atoms with Crippen LogP contribution < -0.4 is 10.7 Å². The summed E-state index contributed by atoms with van der Waals surface area (Å²) >= 11 is 3.41. The number of aryl methyl sites for hydroxylation is 1. The van der Waals surface area contributed by atoms with Crippen LogP contribution in [0.25, 0.3) is 11.3 Å². The number of amides is 1. The molecular formula is C23H23BrN4O2. The van der Waals surface area contributed by atoms with Crippen LogP contribution in [0.5, 0.6) is 0 Å². The molecule has 0 radical (unpaired) electrons. The predicted octanol–water partition coefficient (Wildman–Crippen LogP) is 4.78. The van der Waals surface area contributed by atoms with Gasteiger partial charge in [0, 0.05) is 21.8 Å². The van der Waals surface area contributed by atoms with Crippen molar-refractivity contribution in [1.29, 1.82) is 0 Å². The molecule has 0 bridgehead atoms. The van der Waals surface area contributed by atoms with E-state index in [-0.39, 0.29) is 17.6 Å². The van der Waals surface area contributed by atoms with Crippen molar-refractivity contribution in [3.8, 4) is 11.3 Å². The maximum absolute atomic E-state index is 12.8. The monoisotopic (exact) mass is 466 g/mol. The summed E-state index contributed by atoms with van der Waals surface area (Å²) in [5.74, 6) is 0.264. The van der Waals surface area contributed by atoms with Crippen molar-refractivity contribution in [3.05, 3.63) is 87.3 Å². The quantitative estimate of drug-likeness (QED) is 0.565. The summed E-state index contributed by atoms with van der Waals surface area (Å²) in [7, 11) is 0. The third-order valence-corrected chi connectivity index (χ3v) is 5.82. The van der Waals surface area contributed by atoms with Crippen molar-refractivity contribution in [1.82, 2.24) is 20.9 Å². The Morgan fingerprint density at radius 1 is 1.20 bits per heavy atom. The van der Waals surface area contributed by atoms with Gasteiger partial charge in [-0.2, -0.15) is 0 Å². The van der Waals surface area contributed by atoms with E-state index in [1.807, 2.05) is 50.2 Å². The first-order chi connectivity index (χ1) is 14.4. The van der Waals surface area contributed by atoms with Gasteiger partial charge in [0.1, 0.15) is 0 Å². The third-order valence-electron chi connectivity index (χ3n) is 5.29. The first kappa shape index (κ1) is 20.4. The lowest BCUT2D eigenvalue weighted by Gasteiger charge is -2.22. The Kier molecular flexibility index (Phi) is 5.74. The molecule has 2 N–H and O–H groups in total. The van der Waals surface area contributed by atoms with Crippen LogP contribution >= 0.6 is 15.9 Å². The van der Waals surface area contributed by atoms with E-state index in [1.165, 1.54) is 11.1 Å². The molecule has 0 saturated carbocycles. The number of allylic oxidation sites excluding steroid dienone is 1. The van der Waals surface area contributed by atoms with Gasteiger partial charge in [-0.15, -0.1) is 0 Å². The summed E-state index contributed by atoms with van der Waals surface area (Å²) < 4.78 is 6.35. The molecule has 1 aromatic heterocycles. The van der Waals surface area contributed by atoms with Gasteiger partial charge in [0.2, 0.25) is 0 Å². The van der Waals surface area contributed by atoms with Gasteiger partial charge in [-0.05, 0) is 44.0 Å². The summed E-state index contributed by atoms with van der Waals surface area (Å²) in [6, 6.07) is 17.6. The third kappa shape index (κ3) is 4.17. The van der Waals surface area contributed by atoms with Crippen LogP contribution in [-0.4, -0.2) is 22.1 Å². The number of benzene rings is 2. The zero-order chi connectivity index (χ0) is 21.3. The minimum absolute atomic E-state index is 0.0178. The van der Waals surface area contributed by atoms with Crippen LogP contribution in [0.4, 0.5) is 0 Å². The fourth-order valence-corrected chi connectivity index (χ4v) is 3.76. The maximum atomic E-state index is 12.8. The second-order valence-corrected chi connectivity index (χ2v) is 8.32. The molecule has 1 amide bonds. The lowest BCUT2D eigenvalue weighted by Crippen LogP contribution is -2.37. The molecule has 1 atom stereocenters. The molecule has 2 heterocycles. The predicted molar refractivity (Wildman–Crippen MR) is 119 cm³/mol. The Bertz CT molecular complexity index is 1100. The molecule has 0 spiro atoms. The van der Waals surface area contributed by atoms with E-state index in [9.17, 15) is 4.79 Å². The Labute approximate surface area is 184 Å². The molecule has 1 aliphatic heterocycles. The molecular weight excluding hydrogens is 444 g/mol. The Balaban J connectivity index is 1.49. The number of aromatic nitrogens is 1. The SMILES string of the molecule is CC1=C(NC(=O)c2cc(-c3ccc(Br)cc3)on2)C(C)NN1Cc1ccccc1C. The molecule has 2 aromatic carbocycles. The Morgan fingerprint density at radius 2 is 1.93 bits per heavy atom. The average Bonchev–Trinajstić information content (AvgIpc) is 3.32. The van der Waals surface area contributed by atoms with E-state index in [0.717, 1.165) is 28.0 Å². The van der Waals surface area contributed by atoms with Crippen LogP contribution in [0, 0.1) is 6.92 Å². The van der Waals surface area contributed by atoms with E-state index in [1.54, 1.807) is 6.07 Å². The first-order valence-electron chi connectivity index (χ1n) is 9.75. The number of halogens is 1. The summed E-state index contributed by atoms with van der Waals surface area (Å²) in [5, 5.41) is 9.02. The number of nitrogens with one attached hydrogen (secondary N) is 2. The Hall–Kier alpha value is -2.90. The number of nitrogens with zero attached hydrogens (tertiary/aromatic N) is 2. The number of hydrazine groups is 1. The smallest absolute Gasteiger partial charge is 0.277 e. The average molecular weight is 467 g/mol. The highest BCUT2D eigenvalue weighted by Crippen LogP contribution is 2.24. The van der Waals surface area contributed by atoms with Gasteiger partial charge >= 0.3 is 0 Å². The molecule has 0 aliphatic carbocycles. The highest BCUT2D eigenvalue weighted by molar-refractivity contribution is 9.10. The topological polar surface area (TPSA) is 70.4 Å². The fraction of sp³-hybridized carbons (Fsp3) is 0.217. The lowest BCUT2D eigenvalue weighted by molar-refractivity contribution is 0.0954. The molecule has 7 heteroatoms. The van der Waals surface area contributed by atoms with Crippen LogP contribution in [0.15, 0.2) is 75.0 Å². The minimum atomic E-state index is -0.289. The van der Waals surface area contributed by atoms with Crippen molar-refractivity contribution in [3.63, 3.8) is 0 Å². The van der Waals surface area contributed by atoms with Crippen molar-refractivity contribution in [2.24, 2.45) is 0 Å². The van der Waals surface area contributed by atoms with Gasteiger partial charge in [-0.25, -0.2) is 5.43 Å². The maximum Gasteiger partial charge on any atom is 0.277 e. The molecule has 30 heavy (non-hydrogen) atoms. The molecule has 6 nitrogen and oxygen atoms in total. The first-order valence-corrected chi connectivity index (χ1v) is 10.5. The molecule has 0 saturated heterocycles. The van der Waals surface area contributed by atoms with Gasteiger partial charge in [-0.3, -0.25) is 4.79 Å². The zero-order valence-corrected chi connectivity index (χ0v) is 18.7. The summed E-state index contributed by atoms with van der Waals surface area (Å²) in [6.45, 7) is 6.84. The number of hydrogen-bond acceptors (Lipinski definition) is 5. The number of carbonyl (C=O) groups excluding carboxylic acids is 1. The molecule has 1 unspecified atom stereocenters. The molecule has 4 rings (SSSR count). The highest BCUT2D eigenvalue weighted by Gasteiger charge is 2.28. The minimum Gasteiger partial charge on any atom is -0.355 e. The van der Waals surface area contributed by atoms with Gasteiger partial charge < -0.3 is 14.8 Å². The molecule has 0 fully saturated rings. The number of hydrogen-bond donors (Lipinski definition) is 2. The summed E-state index contributed by atoms with van der Waals surface area (Å²) in [4.78, 5) is 12.8. The summed E-state index contributed by atoms with van der Waals surface area (Å²) in [6.07, 6.45) is 0. The Morgan fingerprint density at radius 3 is 2.67 bits per heavy atom. The van der Waals surface area contributed by atoms with E-state index in [2.05, 4.69) is 55.9 Å². The van der Waals surface area contributed by atoms with E-state index in [0.29, 0.717) is 5.76 Å². The van der Waals surface area contributed by atoms with E-state index in [4.69, 9.17) is 4.52 Å². The second kappa shape index (κ2) is 8.45. The van der Waals surface area contributed by atoms with Crippen LogP contribution in [0.2, 0.25) is 0 Å². The zero-order valence-electron chi connectivity index (χ0n) is 17.1. The van der Waals surface area contributed by atoms with Gasteiger partial charge in [0.05, 0.1) is 18.3 Å². The van der Waals surface area contributed by atoms with E-state index < -0.39 is 0 Å². The standard InChI is InChI=1S/C23H23BrN4O2/c1-14-6-4-5-7-18(14)13-28-16(3)22(15(2)26-28)25-23(29)20-12-21(30-27-20)17-8-10-19(24)11-9-17/h4-12,15,26H,13H2,1-3H3,(H,25,29). The largest absolute Gasteiger partial charge is 0.355 e. The van der Waals surface area contributed by atoms with Crippen LogP contribution in [-0.2, 0) is 6.54 Å². The van der Waals surface area contributed by atoms with E-state index >= 15 is 0 Å². The van der Waals surface area contributed by atoms with Crippen LogP contribution in [0.1, 0.15) is 35.5 Å². The van der Waals surface area contributed by atoms with Crippen molar-refractivity contribution in [2.45, 2.75) is 33.4 Å². The van der Waals surface area contributed by atoms with Gasteiger partial charge in [0.25, 0.3) is 5.91 Å². The second-order valence-electron chi connectivity index (χ2n) is 7.40. The van der Waals surface area contributed by atoms with Gasteiger partial charge in [0.15, 0.2) is 11.5 Å². The van der Waals surface area contributed by atoms with Crippen molar-refractivity contribution in [2.75, 3.05) is 0 Å². The summed E-state index contributed by atoms with van der Waals surface area (Å²) in [5.41, 5.74) is 8.82. The van der Waals surface area contributed by atoms with Crippen molar-refractivity contribution >= 4 is 21.8 Å². The van der Waals surface area contributed by atoms with Gasteiger partial charge in [-0.1, -0.05) is 57.5 Å². The number of carbonyl (C=O) groups is 1. The molecule has 3 aromatic rings.